The number of aromatic carboxylic acids is 1. The fourth-order valence-electron chi connectivity index (χ4n) is 1.25. The summed E-state index contributed by atoms with van der Waals surface area (Å²) in [6, 6.07) is 0. The molecule has 2 N–H and O–H groups in total. The summed E-state index contributed by atoms with van der Waals surface area (Å²) in [6.07, 6.45) is 0.409. The number of aromatic nitrogens is 2. The van der Waals surface area contributed by atoms with Crippen LogP contribution < -0.4 is 0 Å². The molecule has 1 heterocycles. The minimum atomic E-state index is -1.13. The van der Waals surface area contributed by atoms with Gasteiger partial charge in [0.05, 0.1) is 6.61 Å². The second-order valence-electron chi connectivity index (χ2n) is 2.80. The molecule has 15 heavy (non-hydrogen) atoms. The first-order chi connectivity index (χ1) is 7.11. The van der Waals surface area contributed by atoms with Gasteiger partial charge in [-0.25, -0.2) is 9.59 Å². The number of nitrogens with zero attached hydrogens (tertiary/aromatic N) is 1. The van der Waals surface area contributed by atoms with Crippen molar-refractivity contribution >= 4 is 11.9 Å². The maximum absolute atomic E-state index is 11.4. The number of carboxylic acid groups (broad SMARTS) is 1. The summed E-state index contributed by atoms with van der Waals surface area (Å²) in [5.74, 6) is -1.73. The summed E-state index contributed by atoms with van der Waals surface area (Å²) in [5, 5.41) is 14.8. The Morgan fingerprint density at radius 2 is 2.13 bits per heavy atom. The Kier molecular flexibility index (Phi) is 3.43. The minimum Gasteiger partial charge on any atom is -0.477 e. The third-order valence-corrected chi connectivity index (χ3v) is 1.90. The molecule has 0 aliphatic rings. The Morgan fingerprint density at radius 3 is 2.60 bits per heavy atom. The van der Waals surface area contributed by atoms with Gasteiger partial charge in [-0.2, -0.15) is 5.10 Å². The van der Waals surface area contributed by atoms with Crippen LogP contribution in [0, 0.1) is 0 Å². The lowest BCUT2D eigenvalue weighted by Crippen LogP contribution is -2.09. The van der Waals surface area contributed by atoms with E-state index in [9.17, 15) is 9.59 Å². The van der Waals surface area contributed by atoms with Crippen LogP contribution >= 0.6 is 0 Å². The molecule has 82 valence electrons. The van der Waals surface area contributed by atoms with E-state index in [1.807, 2.05) is 0 Å². The topological polar surface area (TPSA) is 92.3 Å². The van der Waals surface area contributed by atoms with Crippen LogP contribution in [0.5, 0.6) is 0 Å². The lowest BCUT2D eigenvalue weighted by atomic mass is 10.1. The number of H-pyrrole nitrogens is 1. The summed E-state index contributed by atoms with van der Waals surface area (Å²) in [6.45, 7) is 3.66. The molecule has 0 saturated heterocycles. The van der Waals surface area contributed by atoms with E-state index >= 15 is 0 Å². The van der Waals surface area contributed by atoms with Crippen LogP contribution in [-0.2, 0) is 11.2 Å². The van der Waals surface area contributed by atoms with Gasteiger partial charge in [0, 0.05) is 5.56 Å². The largest absolute Gasteiger partial charge is 0.477 e. The molecule has 0 bridgehead atoms. The van der Waals surface area contributed by atoms with E-state index in [1.165, 1.54) is 0 Å². The molecule has 6 nitrogen and oxygen atoms in total. The number of nitrogens with one attached hydrogen (secondary N) is 1. The number of carbonyl (C=O) groups excluding carboxylic acids is 1. The van der Waals surface area contributed by atoms with Crippen molar-refractivity contribution < 1.29 is 19.4 Å². The van der Waals surface area contributed by atoms with E-state index in [4.69, 9.17) is 9.84 Å². The van der Waals surface area contributed by atoms with Crippen LogP contribution in [0.1, 0.15) is 40.4 Å². The van der Waals surface area contributed by atoms with Crippen molar-refractivity contribution in [2.75, 3.05) is 6.61 Å². The Bertz CT molecular complexity index is 383. The van der Waals surface area contributed by atoms with Crippen molar-refractivity contribution in [1.82, 2.24) is 10.2 Å². The lowest BCUT2D eigenvalue weighted by Gasteiger charge is -2.00. The maximum atomic E-state index is 11.4. The van der Waals surface area contributed by atoms with Gasteiger partial charge < -0.3 is 9.84 Å². The van der Waals surface area contributed by atoms with Crippen molar-refractivity contribution in [3.05, 3.63) is 17.0 Å². The summed E-state index contributed by atoms with van der Waals surface area (Å²) in [7, 11) is 0. The van der Waals surface area contributed by atoms with E-state index in [0.29, 0.717) is 12.0 Å². The molecule has 1 rings (SSSR count). The lowest BCUT2D eigenvalue weighted by molar-refractivity contribution is 0.0518. The zero-order chi connectivity index (χ0) is 11.4. The highest BCUT2D eigenvalue weighted by Crippen LogP contribution is 2.13. The van der Waals surface area contributed by atoms with Crippen LogP contribution in [0.2, 0.25) is 0 Å². The summed E-state index contributed by atoms with van der Waals surface area (Å²) < 4.78 is 4.75. The van der Waals surface area contributed by atoms with Crippen molar-refractivity contribution in [3.8, 4) is 0 Å². The zero-order valence-electron chi connectivity index (χ0n) is 8.53. The fraction of sp³-hybridized carbons (Fsp3) is 0.444. The first kappa shape index (κ1) is 11.2. The monoisotopic (exact) mass is 212 g/mol. The Balaban J connectivity index is 3.09. The molecule has 0 spiro atoms. The molecule has 0 unspecified atom stereocenters. The van der Waals surface area contributed by atoms with Crippen LogP contribution in [0.3, 0.4) is 0 Å². The highest BCUT2D eigenvalue weighted by atomic mass is 16.5. The molecular weight excluding hydrogens is 200 g/mol. The first-order valence-corrected chi connectivity index (χ1v) is 4.59. The maximum Gasteiger partial charge on any atom is 0.359 e. The quantitative estimate of drug-likeness (QED) is 0.721. The number of carboxylic acids is 1. The molecule has 1 aromatic rings. The van der Waals surface area contributed by atoms with E-state index in [2.05, 4.69) is 10.2 Å². The number of esters is 1. The predicted octanol–water partition coefficient (Wildman–Crippen LogP) is 0.847. The van der Waals surface area contributed by atoms with Gasteiger partial charge in [0.2, 0.25) is 0 Å². The number of hydrogen-bond acceptors (Lipinski definition) is 4. The third-order valence-electron chi connectivity index (χ3n) is 1.90. The van der Waals surface area contributed by atoms with Crippen molar-refractivity contribution in [3.63, 3.8) is 0 Å². The zero-order valence-corrected chi connectivity index (χ0v) is 8.53. The standard InChI is InChI=1S/C9H12N2O4/c1-3-5-6(8(12)13)10-11-7(5)9(14)15-4-2/h3-4H2,1-2H3,(H,10,11)(H,12,13). The van der Waals surface area contributed by atoms with Gasteiger partial charge in [-0.15, -0.1) is 0 Å². The molecule has 0 aliphatic carbocycles. The van der Waals surface area contributed by atoms with Crippen LogP contribution in [-0.4, -0.2) is 33.8 Å². The summed E-state index contributed by atoms with van der Waals surface area (Å²) in [5.41, 5.74) is 0.373. The fourth-order valence-corrected chi connectivity index (χ4v) is 1.25. The molecule has 0 saturated carbocycles. The van der Waals surface area contributed by atoms with Crippen molar-refractivity contribution in [2.45, 2.75) is 20.3 Å². The summed E-state index contributed by atoms with van der Waals surface area (Å²) in [4.78, 5) is 22.1. The average molecular weight is 212 g/mol. The highest BCUT2D eigenvalue weighted by Gasteiger charge is 2.22. The molecule has 0 amide bonds. The molecular formula is C9H12N2O4. The second kappa shape index (κ2) is 4.59. The number of hydrogen-bond donors (Lipinski definition) is 2. The number of ether oxygens (including phenoxy) is 1. The highest BCUT2D eigenvalue weighted by molar-refractivity contribution is 5.95. The average Bonchev–Trinajstić information content (AvgIpc) is 2.61. The van der Waals surface area contributed by atoms with Gasteiger partial charge in [-0.1, -0.05) is 6.92 Å². The van der Waals surface area contributed by atoms with Crippen molar-refractivity contribution in [1.29, 1.82) is 0 Å². The predicted molar refractivity (Wildman–Crippen MR) is 50.9 cm³/mol. The van der Waals surface area contributed by atoms with Crippen LogP contribution in [0.25, 0.3) is 0 Å². The number of aromatic amines is 1. The van der Waals surface area contributed by atoms with E-state index in [-0.39, 0.29) is 18.0 Å². The normalized spacial score (nSPS) is 10.0. The van der Waals surface area contributed by atoms with Crippen LogP contribution in [0.4, 0.5) is 0 Å². The minimum absolute atomic E-state index is 0.0525. The van der Waals surface area contributed by atoms with Gasteiger partial charge in [0.15, 0.2) is 5.69 Å². The summed E-state index contributed by atoms with van der Waals surface area (Å²) >= 11 is 0. The molecule has 0 fully saturated rings. The van der Waals surface area contributed by atoms with Gasteiger partial charge in [-0.3, -0.25) is 5.10 Å². The SMILES string of the molecule is CCOC(=O)c1n[nH]c(C(=O)O)c1CC. The molecule has 0 aliphatic heterocycles. The molecule has 0 radical (unpaired) electrons. The van der Waals surface area contributed by atoms with Crippen LogP contribution in [0.15, 0.2) is 0 Å². The number of rotatable bonds is 4. The smallest absolute Gasteiger partial charge is 0.359 e. The third kappa shape index (κ3) is 2.15. The van der Waals surface area contributed by atoms with E-state index < -0.39 is 11.9 Å². The van der Waals surface area contributed by atoms with E-state index in [0.717, 1.165) is 0 Å². The van der Waals surface area contributed by atoms with Gasteiger partial charge in [0.1, 0.15) is 5.69 Å². The number of carbonyl (C=O) groups is 2. The van der Waals surface area contributed by atoms with Crippen molar-refractivity contribution in [2.24, 2.45) is 0 Å². The van der Waals surface area contributed by atoms with Gasteiger partial charge in [-0.05, 0) is 13.3 Å². The molecule has 6 heteroatoms. The first-order valence-electron chi connectivity index (χ1n) is 4.59. The Labute approximate surface area is 86.2 Å². The van der Waals surface area contributed by atoms with Gasteiger partial charge in [0.25, 0.3) is 0 Å². The Hall–Kier alpha value is -1.85. The second-order valence-corrected chi connectivity index (χ2v) is 2.80. The van der Waals surface area contributed by atoms with E-state index in [1.54, 1.807) is 13.8 Å². The Morgan fingerprint density at radius 1 is 1.47 bits per heavy atom. The molecule has 1 aromatic heterocycles. The van der Waals surface area contributed by atoms with Gasteiger partial charge >= 0.3 is 11.9 Å². The molecule has 0 atom stereocenters. The molecule has 0 aromatic carbocycles.